The van der Waals surface area contributed by atoms with E-state index in [1.807, 2.05) is 39.8 Å². The highest BCUT2D eigenvalue weighted by molar-refractivity contribution is 7.92. The molecular formula is C25H34ClN3O4S. The van der Waals surface area contributed by atoms with Crippen molar-refractivity contribution in [1.82, 2.24) is 10.2 Å². The predicted octanol–water partition coefficient (Wildman–Crippen LogP) is 4.17. The summed E-state index contributed by atoms with van der Waals surface area (Å²) in [4.78, 5) is 27.7. The summed E-state index contributed by atoms with van der Waals surface area (Å²) in [6.45, 7) is 7.89. The van der Waals surface area contributed by atoms with Gasteiger partial charge >= 0.3 is 0 Å². The van der Waals surface area contributed by atoms with Crippen LogP contribution in [0.4, 0.5) is 5.69 Å². The van der Waals surface area contributed by atoms with Crippen molar-refractivity contribution in [3.05, 3.63) is 64.7 Å². The molecule has 0 saturated carbocycles. The predicted molar refractivity (Wildman–Crippen MR) is 137 cm³/mol. The third kappa shape index (κ3) is 7.46. The topological polar surface area (TPSA) is 86.8 Å². The molecule has 0 fully saturated rings. The SMILES string of the molecule is CCNC(=O)[C@H](CC)N(Cc1ccc(Cl)cc1)C(=O)CN(c1ccc(C(C)C)cc1)S(C)(=O)=O. The van der Waals surface area contributed by atoms with Crippen LogP contribution in [0.25, 0.3) is 0 Å². The second kappa shape index (κ2) is 12.2. The first kappa shape index (κ1) is 27.7. The lowest BCUT2D eigenvalue weighted by molar-refractivity contribution is -0.140. The van der Waals surface area contributed by atoms with E-state index in [2.05, 4.69) is 5.32 Å². The fourth-order valence-electron chi connectivity index (χ4n) is 3.64. The van der Waals surface area contributed by atoms with Crippen LogP contribution in [-0.2, 0) is 26.2 Å². The first-order valence-corrected chi connectivity index (χ1v) is 13.6. The third-order valence-corrected chi connectivity index (χ3v) is 6.92. The smallest absolute Gasteiger partial charge is 0.244 e. The summed E-state index contributed by atoms with van der Waals surface area (Å²) >= 11 is 5.99. The molecule has 2 aromatic carbocycles. The zero-order valence-electron chi connectivity index (χ0n) is 20.4. The van der Waals surface area contributed by atoms with Crippen LogP contribution in [0.2, 0.25) is 5.02 Å². The number of nitrogens with one attached hydrogen (secondary N) is 1. The summed E-state index contributed by atoms with van der Waals surface area (Å²) in [5, 5.41) is 3.33. The quantitative estimate of drug-likeness (QED) is 0.494. The van der Waals surface area contributed by atoms with Crippen LogP contribution in [0, 0.1) is 0 Å². The molecule has 0 aliphatic rings. The Kier molecular flexibility index (Phi) is 9.94. The van der Waals surface area contributed by atoms with Gasteiger partial charge in [0, 0.05) is 18.1 Å². The molecule has 0 unspecified atom stereocenters. The van der Waals surface area contributed by atoms with E-state index < -0.39 is 28.5 Å². The van der Waals surface area contributed by atoms with Crippen LogP contribution >= 0.6 is 11.6 Å². The van der Waals surface area contributed by atoms with Crippen LogP contribution in [0.5, 0.6) is 0 Å². The van der Waals surface area contributed by atoms with Gasteiger partial charge in [-0.25, -0.2) is 8.42 Å². The third-order valence-electron chi connectivity index (χ3n) is 5.53. The van der Waals surface area contributed by atoms with E-state index in [1.54, 1.807) is 36.4 Å². The molecule has 0 bridgehead atoms. The number of rotatable bonds is 11. The zero-order valence-corrected chi connectivity index (χ0v) is 22.0. The normalized spacial score (nSPS) is 12.3. The lowest BCUT2D eigenvalue weighted by Crippen LogP contribution is -2.52. The summed E-state index contributed by atoms with van der Waals surface area (Å²) in [6, 6.07) is 13.4. The number of benzene rings is 2. The first-order valence-electron chi connectivity index (χ1n) is 11.4. The zero-order chi connectivity index (χ0) is 25.5. The fourth-order valence-corrected chi connectivity index (χ4v) is 4.61. The van der Waals surface area contributed by atoms with Crippen molar-refractivity contribution in [1.29, 1.82) is 0 Å². The number of anilines is 1. The molecule has 0 aromatic heterocycles. The molecule has 2 amide bonds. The summed E-state index contributed by atoms with van der Waals surface area (Å²) in [6.07, 6.45) is 1.45. The number of hydrogen-bond acceptors (Lipinski definition) is 4. The van der Waals surface area contributed by atoms with Gasteiger partial charge in [-0.1, -0.05) is 56.6 Å². The molecule has 0 aliphatic carbocycles. The molecule has 186 valence electrons. The number of carbonyl (C=O) groups excluding carboxylic acids is 2. The van der Waals surface area contributed by atoms with Gasteiger partial charge in [0.15, 0.2) is 0 Å². The number of halogens is 1. The van der Waals surface area contributed by atoms with E-state index in [-0.39, 0.29) is 12.5 Å². The minimum Gasteiger partial charge on any atom is -0.355 e. The van der Waals surface area contributed by atoms with Crippen LogP contribution in [0.1, 0.15) is 51.2 Å². The number of hydrogen-bond donors (Lipinski definition) is 1. The lowest BCUT2D eigenvalue weighted by atomic mass is 10.0. The Labute approximate surface area is 208 Å². The van der Waals surface area contributed by atoms with Gasteiger partial charge in [0.1, 0.15) is 12.6 Å². The van der Waals surface area contributed by atoms with E-state index >= 15 is 0 Å². The summed E-state index contributed by atoms with van der Waals surface area (Å²) in [5.74, 6) is -0.453. The largest absolute Gasteiger partial charge is 0.355 e. The van der Waals surface area contributed by atoms with Crippen molar-refractivity contribution in [3.63, 3.8) is 0 Å². The average molecular weight is 508 g/mol. The van der Waals surface area contributed by atoms with E-state index in [4.69, 9.17) is 11.6 Å². The monoisotopic (exact) mass is 507 g/mol. The van der Waals surface area contributed by atoms with Gasteiger partial charge in [0.05, 0.1) is 11.9 Å². The molecule has 9 heteroatoms. The van der Waals surface area contributed by atoms with Crippen molar-refractivity contribution in [3.8, 4) is 0 Å². The molecule has 0 spiro atoms. The van der Waals surface area contributed by atoms with Crippen LogP contribution < -0.4 is 9.62 Å². The summed E-state index contributed by atoms with van der Waals surface area (Å²) < 4.78 is 26.4. The van der Waals surface area contributed by atoms with E-state index in [9.17, 15) is 18.0 Å². The van der Waals surface area contributed by atoms with Crippen molar-refractivity contribution in [2.45, 2.75) is 52.6 Å². The van der Waals surface area contributed by atoms with Gasteiger partial charge in [0.2, 0.25) is 21.8 Å². The molecule has 34 heavy (non-hydrogen) atoms. The average Bonchev–Trinajstić information content (AvgIpc) is 2.78. The molecule has 1 atom stereocenters. The van der Waals surface area contributed by atoms with Crippen molar-refractivity contribution in [2.75, 3.05) is 23.7 Å². The molecule has 2 rings (SSSR count). The maximum absolute atomic E-state index is 13.5. The number of carbonyl (C=O) groups is 2. The molecule has 0 saturated heterocycles. The van der Waals surface area contributed by atoms with Crippen molar-refractivity contribution < 1.29 is 18.0 Å². The summed E-state index contributed by atoms with van der Waals surface area (Å²) in [7, 11) is -3.75. The van der Waals surface area contributed by atoms with E-state index in [1.165, 1.54) is 4.90 Å². The molecule has 1 N–H and O–H groups in total. The Morgan fingerprint density at radius 2 is 1.59 bits per heavy atom. The Bertz CT molecular complexity index is 1070. The van der Waals surface area contributed by atoms with Crippen LogP contribution in [0.15, 0.2) is 48.5 Å². The minimum absolute atomic E-state index is 0.148. The number of sulfonamides is 1. The number of likely N-dealkylation sites (N-methyl/N-ethyl adjacent to an activating group) is 1. The Morgan fingerprint density at radius 3 is 2.06 bits per heavy atom. The van der Waals surface area contributed by atoms with Gasteiger partial charge in [0.25, 0.3) is 0 Å². The fraction of sp³-hybridized carbons (Fsp3) is 0.440. The molecular weight excluding hydrogens is 474 g/mol. The molecule has 0 heterocycles. The molecule has 0 aliphatic heterocycles. The lowest BCUT2D eigenvalue weighted by Gasteiger charge is -2.32. The van der Waals surface area contributed by atoms with Gasteiger partial charge in [-0.15, -0.1) is 0 Å². The van der Waals surface area contributed by atoms with Gasteiger partial charge in [-0.05, 0) is 54.7 Å². The first-order chi connectivity index (χ1) is 16.0. The Hall–Kier alpha value is -2.58. The number of nitrogens with zero attached hydrogens (tertiary/aromatic N) is 2. The molecule has 7 nitrogen and oxygen atoms in total. The molecule has 2 aromatic rings. The van der Waals surface area contributed by atoms with Gasteiger partial charge < -0.3 is 10.2 Å². The second-order valence-corrected chi connectivity index (χ2v) is 10.8. The highest BCUT2D eigenvalue weighted by Gasteiger charge is 2.31. The highest BCUT2D eigenvalue weighted by Crippen LogP contribution is 2.23. The Morgan fingerprint density at radius 1 is 1.00 bits per heavy atom. The van der Waals surface area contributed by atoms with Gasteiger partial charge in [-0.2, -0.15) is 0 Å². The van der Waals surface area contributed by atoms with Crippen LogP contribution in [-0.4, -0.2) is 50.5 Å². The maximum atomic E-state index is 13.5. The van der Waals surface area contributed by atoms with Gasteiger partial charge in [-0.3, -0.25) is 13.9 Å². The van der Waals surface area contributed by atoms with Crippen LogP contribution in [0.3, 0.4) is 0 Å². The molecule has 0 radical (unpaired) electrons. The standard InChI is InChI=1S/C25H34ClN3O4S/c1-6-23(25(31)27-7-2)28(16-19-8-12-21(26)13-9-19)24(30)17-29(34(5,32)33)22-14-10-20(11-15-22)18(3)4/h8-15,18,23H,6-7,16-17H2,1-5H3,(H,27,31)/t23-/m0/s1. The Balaban J connectivity index is 2.41. The van der Waals surface area contributed by atoms with Crippen molar-refractivity contribution >= 4 is 39.1 Å². The minimum atomic E-state index is -3.75. The van der Waals surface area contributed by atoms with E-state index in [0.717, 1.165) is 21.7 Å². The highest BCUT2D eigenvalue weighted by atomic mass is 35.5. The van der Waals surface area contributed by atoms with Crippen molar-refractivity contribution in [2.24, 2.45) is 0 Å². The number of amides is 2. The van der Waals surface area contributed by atoms with E-state index in [0.29, 0.717) is 29.6 Å². The summed E-state index contributed by atoms with van der Waals surface area (Å²) in [5.41, 5.74) is 2.25. The second-order valence-electron chi connectivity index (χ2n) is 8.48. The maximum Gasteiger partial charge on any atom is 0.244 e.